The van der Waals surface area contributed by atoms with Crippen molar-refractivity contribution in [1.29, 1.82) is 0 Å². The van der Waals surface area contributed by atoms with E-state index >= 15 is 0 Å². The van der Waals surface area contributed by atoms with Gasteiger partial charge < -0.3 is 0 Å². The fourth-order valence-electron chi connectivity index (χ4n) is 3.66. The minimum Gasteiger partial charge on any atom is -0.288 e. The van der Waals surface area contributed by atoms with Crippen molar-refractivity contribution < 1.29 is 10.0 Å². The normalized spacial score (nSPS) is 16.2. The number of nitrogens with zero attached hydrogens (tertiary/aromatic N) is 2. The minimum atomic E-state index is -0.476. The first-order chi connectivity index (χ1) is 12.7. The molecular weight excluding hydrogens is 326 g/mol. The van der Waals surface area contributed by atoms with Crippen molar-refractivity contribution in [2.45, 2.75) is 32.2 Å². The summed E-state index contributed by atoms with van der Waals surface area (Å²) in [6, 6.07) is 16.2. The number of carbonyl (C=O) groups is 1. The molecule has 1 heterocycles. The van der Waals surface area contributed by atoms with Gasteiger partial charge in [-0.2, -0.15) is 5.10 Å². The van der Waals surface area contributed by atoms with E-state index in [1.807, 2.05) is 29.1 Å². The second-order valence-electron chi connectivity index (χ2n) is 6.81. The molecule has 0 saturated carbocycles. The summed E-state index contributed by atoms with van der Waals surface area (Å²) >= 11 is 0. The molecular formula is C21H21N3O2. The molecule has 5 heteroatoms. The van der Waals surface area contributed by atoms with Crippen LogP contribution in [-0.2, 0) is 6.42 Å². The number of hydrogen-bond acceptors (Lipinski definition) is 3. The summed E-state index contributed by atoms with van der Waals surface area (Å²) in [7, 11) is 0. The summed E-state index contributed by atoms with van der Waals surface area (Å²) in [6.07, 6.45) is 5.03. The second-order valence-corrected chi connectivity index (χ2v) is 6.81. The van der Waals surface area contributed by atoms with Gasteiger partial charge in [-0.15, -0.1) is 0 Å². The van der Waals surface area contributed by atoms with Crippen LogP contribution in [0.25, 0.3) is 11.3 Å². The molecule has 0 fully saturated rings. The van der Waals surface area contributed by atoms with Crippen LogP contribution in [0.2, 0.25) is 0 Å². The Morgan fingerprint density at radius 1 is 1.19 bits per heavy atom. The van der Waals surface area contributed by atoms with Gasteiger partial charge in [-0.1, -0.05) is 35.9 Å². The molecule has 0 radical (unpaired) electrons. The SMILES string of the molecule is Cc1ccc(-c2ccn([C@H]3CCCc4cc(C(=O)NO)ccc43)n2)cc1. The van der Waals surface area contributed by atoms with Crippen molar-refractivity contribution in [3.63, 3.8) is 0 Å². The maximum Gasteiger partial charge on any atom is 0.274 e. The van der Waals surface area contributed by atoms with Gasteiger partial charge in [0.25, 0.3) is 5.91 Å². The van der Waals surface area contributed by atoms with Crippen LogP contribution in [0.4, 0.5) is 0 Å². The maximum absolute atomic E-state index is 11.7. The van der Waals surface area contributed by atoms with Gasteiger partial charge in [-0.05, 0) is 55.5 Å². The molecule has 1 amide bonds. The Kier molecular flexibility index (Phi) is 4.31. The summed E-state index contributed by atoms with van der Waals surface area (Å²) in [6.45, 7) is 2.08. The average Bonchev–Trinajstić information content (AvgIpc) is 3.17. The van der Waals surface area contributed by atoms with Gasteiger partial charge in [0, 0.05) is 17.3 Å². The molecule has 0 spiro atoms. The number of carbonyl (C=O) groups excluding carboxylic acids is 1. The third kappa shape index (κ3) is 3.02. The van der Waals surface area contributed by atoms with Gasteiger partial charge in [0.2, 0.25) is 0 Å². The van der Waals surface area contributed by atoms with Crippen LogP contribution in [0.5, 0.6) is 0 Å². The highest BCUT2D eigenvalue weighted by Gasteiger charge is 2.23. The van der Waals surface area contributed by atoms with Crippen molar-refractivity contribution in [3.05, 3.63) is 77.0 Å². The van der Waals surface area contributed by atoms with E-state index in [-0.39, 0.29) is 6.04 Å². The lowest BCUT2D eigenvalue weighted by atomic mass is 9.86. The Hall–Kier alpha value is -2.92. The van der Waals surface area contributed by atoms with Crippen LogP contribution < -0.4 is 5.48 Å². The van der Waals surface area contributed by atoms with Gasteiger partial charge in [-0.3, -0.25) is 14.7 Å². The fraction of sp³-hybridized carbons (Fsp3) is 0.238. The third-order valence-electron chi connectivity index (χ3n) is 5.06. The van der Waals surface area contributed by atoms with E-state index in [1.165, 1.54) is 11.1 Å². The van der Waals surface area contributed by atoms with E-state index in [9.17, 15) is 4.79 Å². The molecule has 1 aliphatic rings. The molecule has 26 heavy (non-hydrogen) atoms. The zero-order valence-electron chi connectivity index (χ0n) is 14.6. The van der Waals surface area contributed by atoms with E-state index in [0.29, 0.717) is 5.56 Å². The number of rotatable bonds is 3. The monoisotopic (exact) mass is 347 g/mol. The topological polar surface area (TPSA) is 67.2 Å². The number of fused-ring (bicyclic) bond motifs is 1. The van der Waals surface area contributed by atoms with Crippen molar-refractivity contribution >= 4 is 5.91 Å². The Balaban J connectivity index is 1.66. The summed E-state index contributed by atoms with van der Waals surface area (Å²) in [5.41, 5.74) is 7.84. The molecule has 5 nitrogen and oxygen atoms in total. The number of aryl methyl sites for hydroxylation is 2. The van der Waals surface area contributed by atoms with Gasteiger partial charge in [0.1, 0.15) is 0 Å². The van der Waals surface area contributed by atoms with Crippen molar-refractivity contribution in [2.75, 3.05) is 0 Å². The second kappa shape index (κ2) is 6.77. The average molecular weight is 347 g/mol. The highest BCUT2D eigenvalue weighted by Crippen LogP contribution is 2.33. The van der Waals surface area contributed by atoms with Crippen LogP contribution in [0.1, 0.15) is 45.9 Å². The first-order valence-corrected chi connectivity index (χ1v) is 8.85. The molecule has 132 valence electrons. The molecule has 2 aromatic carbocycles. The molecule has 1 aromatic heterocycles. The van der Waals surface area contributed by atoms with Crippen molar-refractivity contribution in [3.8, 4) is 11.3 Å². The number of hydrogen-bond donors (Lipinski definition) is 2. The number of amides is 1. The Morgan fingerprint density at radius 2 is 2.00 bits per heavy atom. The standard InChI is InChI=1S/C21H21N3O2/c1-14-5-7-15(8-6-14)19-11-12-24(22-19)20-4-2-3-16-13-17(21(25)23-26)9-10-18(16)20/h5-13,20,26H,2-4H2,1H3,(H,23,25)/t20-/m0/s1. The molecule has 4 rings (SSSR count). The van der Waals surface area contributed by atoms with Crippen LogP contribution in [0, 0.1) is 6.92 Å². The lowest BCUT2D eigenvalue weighted by Gasteiger charge is -2.26. The van der Waals surface area contributed by atoms with E-state index in [2.05, 4.69) is 31.2 Å². The van der Waals surface area contributed by atoms with Crippen LogP contribution in [0.15, 0.2) is 54.7 Å². The molecule has 0 saturated heterocycles. The van der Waals surface area contributed by atoms with Crippen LogP contribution in [-0.4, -0.2) is 20.9 Å². The first-order valence-electron chi connectivity index (χ1n) is 8.85. The molecule has 1 aliphatic carbocycles. The van der Waals surface area contributed by atoms with E-state index in [4.69, 9.17) is 10.3 Å². The number of hydroxylamine groups is 1. The molecule has 0 aliphatic heterocycles. The van der Waals surface area contributed by atoms with Crippen LogP contribution >= 0.6 is 0 Å². The van der Waals surface area contributed by atoms with Gasteiger partial charge >= 0.3 is 0 Å². The minimum absolute atomic E-state index is 0.171. The largest absolute Gasteiger partial charge is 0.288 e. The van der Waals surface area contributed by atoms with Crippen molar-refractivity contribution in [2.24, 2.45) is 0 Å². The summed E-state index contributed by atoms with van der Waals surface area (Å²) in [5, 5.41) is 13.6. The molecule has 3 aromatic rings. The Labute approximate surface area is 152 Å². The summed E-state index contributed by atoms with van der Waals surface area (Å²) in [5.74, 6) is -0.476. The number of nitrogens with one attached hydrogen (secondary N) is 1. The van der Waals surface area contributed by atoms with Gasteiger partial charge in [0.05, 0.1) is 11.7 Å². The summed E-state index contributed by atoms with van der Waals surface area (Å²) < 4.78 is 2.03. The predicted octanol–water partition coefficient (Wildman–Crippen LogP) is 3.90. The lowest BCUT2D eigenvalue weighted by molar-refractivity contribution is 0.0706. The third-order valence-corrected chi connectivity index (χ3v) is 5.06. The Bertz CT molecular complexity index is 944. The zero-order valence-corrected chi connectivity index (χ0v) is 14.6. The predicted molar refractivity (Wildman–Crippen MR) is 99.2 cm³/mol. The highest BCUT2D eigenvalue weighted by molar-refractivity contribution is 5.93. The Morgan fingerprint density at radius 3 is 2.77 bits per heavy atom. The van der Waals surface area contributed by atoms with Crippen molar-refractivity contribution in [1.82, 2.24) is 15.3 Å². The highest BCUT2D eigenvalue weighted by atomic mass is 16.5. The lowest BCUT2D eigenvalue weighted by Crippen LogP contribution is -2.21. The van der Waals surface area contributed by atoms with Gasteiger partial charge in [0.15, 0.2) is 0 Å². The molecule has 1 atom stereocenters. The molecule has 0 unspecified atom stereocenters. The first kappa shape index (κ1) is 16.5. The number of benzene rings is 2. The number of aromatic nitrogens is 2. The molecule has 2 N–H and O–H groups in total. The van der Waals surface area contributed by atoms with E-state index in [0.717, 1.165) is 36.1 Å². The smallest absolute Gasteiger partial charge is 0.274 e. The maximum atomic E-state index is 11.7. The molecule has 0 bridgehead atoms. The van der Waals surface area contributed by atoms with Gasteiger partial charge in [-0.25, -0.2) is 5.48 Å². The van der Waals surface area contributed by atoms with Crippen LogP contribution in [0.3, 0.4) is 0 Å². The zero-order chi connectivity index (χ0) is 18.1. The quantitative estimate of drug-likeness (QED) is 0.558. The van der Waals surface area contributed by atoms with E-state index < -0.39 is 5.91 Å². The van der Waals surface area contributed by atoms with E-state index in [1.54, 1.807) is 11.5 Å². The fourth-order valence-corrected chi connectivity index (χ4v) is 3.66. The summed E-state index contributed by atoms with van der Waals surface area (Å²) in [4.78, 5) is 11.7.